The minimum Gasteiger partial charge on any atom is -0.302 e. The quantitative estimate of drug-likeness (QED) is 0.845. The molecule has 0 aromatic heterocycles. The molecule has 4 fully saturated rings. The Kier molecular flexibility index (Phi) is 3.23. The molecule has 2 nitrogen and oxygen atoms in total. The molecule has 4 bridgehead atoms. The number of nitrogens with zero attached hydrogens (tertiary/aromatic N) is 1. The molecule has 0 radical (unpaired) electrons. The lowest BCUT2D eigenvalue weighted by molar-refractivity contribution is -0.147. The van der Waals surface area contributed by atoms with Gasteiger partial charge in [-0.2, -0.15) is 0 Å². The Morgan fingerprint density at radius 3 is 2.32 bits per heavy atom. The first-order valence-corrected chi connectivity index (χ1v) is 8.75. The second kappa shape index (κ2) is 4.92. The van der Waals surface area contributed by atoms with Gasteiger partial charge < -0.3 is 4.90 Å². The average Bonchev–Trinajstić information content (AvgIpc) is 2.46. The summed E-state index contributed by atoms with van der Waals surface area (Å²) in [5, 5.41) is 0. The van der Waals surface area contributed by atoms with Crippen LogP contribution >= 0.6 is 0 Å². The third-order valence-corrected chi connectivity index (χ3v) is 6.50. The number of hydrogen-bond acceptors (Lipinski definition) is 2. The molecule has 1 aromatic carbocycles. The van der Waals surface area contributed by atoms with E-state index in [1.54, 1.807) is 0 Å². The SMILES string of the molecule is CN(C)CC(=O)C12C[C@H]3C[C@@H](C1)CC(c1ccccc1)(C3)C2. The van der Waals surface area contributed by atoms with Crippen molar-refractivity contribution < 1.29 is 4.79 Å². The first-order valence-electron chi connectivity index (χ1n) is 8.75. The van der Waals surface area contributed by atoms with Crippen molar-refractivity contribution in [2.45, 2.75) is 43.9 Å². The monoisotopic (exact) mass is 297 g/mol. The van der Waals surface area contributed by atoms with E-state index in [9.17, 15) is 4.79 Å². The van der Waals surface area contributed by atoms with Gasteiger partial charge in [0.15, 0.2) is 5.78 Å². The summed E-state index contributed by atoms with van der Waals surface area (Å²) < 4.78 is 0. The maximum absolute atomic E-state index is 13.0. The third kappa shape index (κ3) is 2.15. The smallest absolute Gasteiger partial charge is 0.152 e. The maximum Gasteiger partial charge on any atom is 0.152 e. The van der Waals surface area contributed by atoms with Gasteiger partial charge in [-0.15, -0.1) is 0 Å². The number of rotatable bonds is 4. The van der Waals surface area contributed by atoms with E-state index in [2.05, 4.69) is 35.2 Å². The molecule has 2 unspecified atom stereocenters. The maximum atomic E-state index is 13.0. The first kappa shape index (κ1) is 14.4. The molecule has 0 N–H and O–H groups in total. The molecule has 4 aliphatic carbocycles. The van der Waals surface area contributed by atoms with Crippen molar-refractivity contribution in [1.82, 2.24) is 4.90 Å². The molecule has 4 saturated carbocycles. The molecule has 0 heterocycles. The molecule has 22 heavy (non-hydrogen) atoms. The highest BCUT2D eigenvalue weighted by Crippen LogP contribution is 2.65. The zero-order valence-corrected chi connectivity index (χ0v) is 13.8. The van der Waals surface area contributed by atoms with Crippen LogP contribution in [0.25, 0.3) is 0 Å². The molecule has 4 atom stereocenters. The molecule has 0 spiro atoms. The van der Waals surface area contributed by atoms with Gasteiger partial charge in [-0.25, -0.2) is 0 Å². The molecular weight excluding hydrogens is 270 g/mol. The van der Waals surface area contributed by atoms with Crippen LogP contribution < -0.4 is 0 Å². The zero-order valence-electron chi connectivity index (χ0n) is 13.8. The highest BCUT2D eigenvalue weighted by Gasteiger charge is 2.60. The van der Waals surface area contributed by atoms with Gasteiger partial charge >= 0.3 is 0 Å². The van der Waals surface area contributed by atoms with Crippen molar-refractivity contribution >= 4 is 5.78 Å². The van der Waals surface area contributed by atoms with Crippen LogP contribution in [0, 0.1) is 17.3 Å². The van der Waals surface area contributed by atoms with Crippen LogP contribution in [-0.4, -0.2) is 31.3 Å². The van der Waals surface area contributed by atoms with Gasteiger partial charge in [0.2, 0.25) is 0 Å². The van der Waals surface area contributed by atoms with Crippen LogP contribution in [0.4, 0.5) is 0 Å². The lowest BCUT2D eigenvalue weighted by atomic mass is 9.42. The van der Waals surface area contributed by atoms with E-state index in [4.69, 9.17) is 0 Å². The van der Waals surface area contributed by atoms with Crippen molar-refractivity contribution in [2.24, 2.45) is 17.3 Å². The molecule has 118 valence electrons. The minimum absolute atomic E-state index is 0.0236. The number of Topliss-reactive ketones (excluding diaryl/α,β-unsaturated/α-hetero) is 1. The number of hydrogen-bond donors (Lipinski definition) is 0. The summed E-state index contributed by atoms with van der Waals surface area (Å²) in [5.74, 6) is 2.05. The van der Waals surface area contributed by atoms with Crippen molar-refractivity contribution in [2.75, 3.05) is 20.6 Å². The van der Waals surface area contributed by atoms with Gasteiger partial charge in [-0.1, -0.05) is 30.3 Å². The van der Waals surface area contributed by atoms with Crippen LogP contribution in [0.5, 0.6) is 0 Å². The van der Waals surface area contributed by atoms with Gasteiger partial charge in [0.25, 0.3) is 0 Å². The third-order valence-electron chi connectivity index (χ3n) is 6.50. The fourth-order valence-electron chi connectivity index (χ4n) is 6.17. The van der Waals surface area contributed by atoms with E-state index in [-0.39, 0.29) is 10.8 Å². The molecule has 4 aliphatic rings. The minimum atomic E-state index is -0.0236. The number of ketones is 1. The molecular formula is C20H27NO. The van der Waals surface area contributed by atoms with Gasteiger partial charge in [0, 0.05) is 5.41 Å². The van der Waals surface area contributed by atoms with Crippen LogP contribution in [0.2, 0.25) is 0 Å². The normalized spacial score (nSPS) is 39.4. The van der Waals surface area contributed by atoms with Gasteiger partial charge in [0.1, 0.15) is 0 Å². The summed E-state index contributed by atoms with van der Waals surface area (Å²) in [6, 6.07) is 11.1. The van der Waals surface area contributed by atoms with E-state index in [0.717, 1.165) is 31.1 Å². The number of carbonyl (C=O) groups excluding carboxylic acids is 1. The predicted molar refractivity (Wildman–Crippen MR) is 88.8 cm³/mol. The zero-order chi connectivity index (χ0) is 15.4. The lowest BCUT2D eigenvalue weighted by Crippen LogP contribution is -2.57. The second-order valence-electron chi connectivity index (χ2n) is 8.55. The van der Waals surface area contributed by atoms with Gasteiger partial charge in [-0.3, -0.25) is 4.79 Å². The first-order chi connectivity index (χ1) is 10.5. The highest BCUT2D eigenvalue weighted by molar-refractivity contribution is 5.87. The van der Waals surface area contributed by atoms with Crippen molar-refractivity contribution in [3.8, 4) is 0 Å². The Balaban J connectivity index is 1.71. The van der Waals surface area contributed by atoms with Crippen LogP contribution in [0.15, 0.2) is 30.3 Å². The standard InChI is InChI=1S/C20H27NO/c1-21(2)13-18(22)20-11-15-8-16(12-20)10-19(9-15,14-20)17-6-4-3-5-7-17/h3-7,15-16H,8-14H2,1-2H3/t15-,16+,19?,20?. The van der Waals surface area contributed by atoms with E-state index in [0.29, 0.717) is 12.3 Å². The van der Waals surface area contributed by atoms with Crippen molar-refractivity contribution in [3.05, 3.63) is 35.9 Å². The van der Waals surface area contributed by atoms with Crippen molar-refractivity contribution in [1.29, 1.82) is 0 Å². The Hall–Kier alpha value is -1.15. The van der Waals surface area contributed by atoms with Crippen LogP contribution in [0.3, 0.4) is 0 Å². The Bertz CT molecular complexity index is 563. The van der Waals surface area contributed by atoms with E-state index < -0.39 is 0 Å². The summed E-state index contributed by atoms with van der Waals surface area (Å²) in [6.45, 7) is 0.615. The average molecular weight is 297 g/mol. The van der Waals surface area contributed by atoms with Gasteiger partial charge in [-0.05, 0) is 75.4 Å². The summed E-state index contributed by atoms with van der Waals surface area (Å²) >= 11 is 0. The lowest BCUT2D eigenvalue weighted by Gasteiger charge is -2.62. The fraction of sp³-hybridized carbons (Fsp3) is 0.650. The largest absolute Gasteiger partial charge is 0.302 e. The number of benzene rings is 1. The second-order valence-corrected chi connectivity index (χ2v) is 8.55. The summed E-state index contributed by atoms with van der Waals surface area (Å²) in [4.78, 5) is 15.1. The highest BCUT2D eigenvalue weighted by atomic mass is 16.1. The Morgan fingerprint density at radius 2 is 1.73 bits per heavy atom. The molecule has 1 aromatic rings. The van der Waals surface area contributed by atoms with Crippen molar-refractivity contribution in [3.63, 3.8) is 0 Å². The molecule has 2 heteroatoms. The van der Waals surface area contributed by atoms with E-state index in [1.165, 1.54) is 24.8 Å². The molecule has 0 saturated heterocycles. The molecule has 0 aliphatic heterocycles. The summed E-state index contributed by atoms with van der Waals surface area (Å²) in [5.41, 5.74) is 1.75. The Morgan fingerprint density at radius 1 is 1.09 bits per heavy atom. The molecule has 5 rings (SSSR count). The number of carbonyl (C=O) groups is 1. The fourth-order valence-corrected chi connectivity index (χ4v) is 6.17. The van der Waals surface area contributed by atoms with E-state index in [1.807, 2.05) is 14.1 Å². The van der Waals surface area contributed by atoms with Crippen LogP contribution in [0.1, 0.15) is 44.1 Å². The van der Waals surface area contributed by atoms with Gasteiger partial charge in [0.05, 0.1) is 6.54 Å². The number of likely N-dealkylation sites (N-methyl/N-ethyl adjacent to an activating group) is 1. The van der Waals surface area contributed by atoms with Crippen LogP contribution in [-0.2, 0) is 10.2 Å². The Labute approximate surface area is 133 Å². The predicted octanol–water partition coefficient (Wildman–Crippen LogP) is 3.66. The summed E-state index contributed by atoms with van der Waals surface area (Å²) in [7, 11) is 4.04. The van der Waals surface area contributed by atoms with E-state index >= 15 is 0 Å². The topological polar surface area (TPSA) is 20.3 Å². The summed E-state index contributed by atoms with van der Waals surface area (Å²) in [6.07, 6.45) is 7.40. The molecule has 0 amide bonds.